The third-order valence-electron chi connectivity index (χ3n) is 5.08. The fourth-order valence-electron chi connectivity index (χ4n) is 3.45. The van der Waals surface area contributed by atoms with Crippen LogP contribution in [0.25, 0.3) is 0 Å². The maximum atomic E-state index is 13.0. The molecule has 1 aromatic carbocycles. The first-order valence-corrected chi connectivity index (χ1v) is 10.9. The number of thioether (sulfide) groups is 1. The third-order valence-corrected chi connectivity index (χ3v) is 5.98. The summed E-state index contributed by atoms with van der Waals surface area (Å²) in [4.78, 5) is 30.7. The van der Waals surface area contributed by atoms with Crippen molar-refractivity contribution >= 4 is 23.6 Å². The van der Waals surface area contributed by atoms with E-state index in [1.807, 2.05) is 17.0 Å². The van der Waals surface area contributed by atoms with E-state index in [1.54, 1.807) is 4.90 Å². The quantitative estimate of drug-likeness (QED) is 0.712. The van der Waals surface area contributed by atoms with Crippen molar-refractivity contribution in [2.24, 2.45) is 0 Å². The van der Waals surface area contributed by atoms with Crippen molar-refractivity contribution in [1.29, 1.82) is 0 Å². The minimum absolute atomic E-state index is 0.0856. The summed E-state index contributed by atoms with van der Waals surface area (Å²) in [5.41, 5.74) is 1.08. The molecule has 0 bridgehead atoms. The number of hydrogen-bond donors (Lipinski definition) is 0. The number of halogens is 1. The van der Waals surface area contributed by atoms with Crippen LogP contribution >= 0.6 is 11.8 Å². The van der Waals surface area contributed by atoms with E-state index < -0.39 is 0 Å². The Morgan fingerprint density at radius 1 is 0.893 bits per heavy atom. The van der Waals surface area contributed by atoms with Crippen molar-refractivity contribution in [3.05, 3.63) is 35.6 Å². The van der Waals surface area contributed by atoms with Gasteiger partial charge in [-0.25, -0.2) is 4.39 Å². The molecule has 0 aromatic heterocycles. The molecule has 2 fully saturated rings. The molecule has 0 aliphatic carbocycles. The van der Waals surface area contributed by atoms with Crippen LogP contribution in [0.3, 0.4) is 0 Å². The number of benzene rings is 1. The van der Waals surface area contributed by atoms with Gasteiger partial charge in [0.2, 0.25) is 11.8 Å². The zero-order valence-corrected chi connectivity index (χ0v) is 17.0. The second kappa shape index (κ2) is 10.8. The average molecular weight is 410 g/mol. The fourth-order valence-corrected chi connectivity index (χ4v) is 4.26. The van der Waals surface area contributed by atoms with Crippen LogP contribution in [0.5, 0.6) is 0 Å². The lowest BCUT2D eigenvalue weighted by molar-refractivity contribution is -0.132. The molecule has 3 rings (SSSR count). The Kier molecular flexibility index (Phi) is 8.12. The van der Waals surface area contributed by atoms with Crippen molar-refractivity contribution in [1.82, 2.24) is 14.7 Å². The topological polar surface area (TPSA) is 53.1 Å². The van der Waals surface area contributed by atoms with Gasteiger partial charge in [-0.1, -0.05) is 12.1 Å². The molecule has 2 saturated heterocycles. The van der Waals surface area contributed by atoms with Crippen molar-refractivity contribution in [3.8, 4) is 0 Å². The lowest BCUT2D eigenvalue weighted by atomic mass is 10.2. The first kappa shape index (κ1) is 21.1. The van der Waals surface area contributed by atoms with E-state index in [0.29, 0.717) is 44.4 Å². The first-order valence-electron chi connectivity index (χ1n) is 9.79. The molecule has 8 heteroatoms. The van der Waals surface area contributed by atoms with Gasteiger partial charge >= 0.3 is 0 Å². The summed E-state index contributed by atoms with van der Waals surface area (Å²) in [6.07, 6.45) is 0.921. The number of hydrogen-bond acceptors (Lipinski definition) is 5. The van der Waals surface area contributed by atoms with Crippen LogP contribution in [0.1, 0.15) is 12.0 Å². The summed E-state index contributed by atoms with van der Waals surface area (Å²) in [6, 6.07) is 6.59. The Labute approximate surface area is 170 Å². The number of ether oxygens (including phenoxy) is 1. The molecule has 0 N–H and O–H groups in total. The highest BCUT2D eigenvalue weighted by molar-refractivity contribution is 8.00. The monoisotopic (exact) mass is 409 g/mol. The molecule has 0 radical (unpaired) electrons. The summed E-state index contributed by atoms with van der Waals surface area (Å²) in [7, 11) is 0. The number of amides is 2. The van der Waals surface area contributed by atoms with Gasteiger partial charge in [-0.05, 0) is 24.1 Å². The molecule has 1 aromatic rings. The SMILES string of the molecule is O=C(CSCC(=O)N1CCCN(Cc2ccc(F)cc2)CC1)N1CCOCC1. The molecule has 0 atom stereocenters. The minimum Gasteiger partial charge on any atom is -0.378 e. The van der Waals surface area contributed by atoms with E-state index in [0.717, 1.165) is 38.2 Å². The van der Waals surface area contributed by atoms with Crippen molar-refractivity contribution in [3.63, 3.8) is 0 Å². The van der Waals surface area contributed by atoms with Crippen LogP contribution in [-0.4, -0.2) is 90.5 Å². The zero-order chi connectivity index (χ0) is 19.8. The van der Waals surface area contributed by atoms with E-state index in [1.165, 1.54) is 23.9 Å². The summed E-state index contributed by atoms with van der Waals surface area (Å²) >= 11 is 1.40. The van der Waals surface area contributed by atoms with Crippen molar-refractivity contribution < 1.29 is 18.7 Å². The molecule has 0 spiro atoms. The molecule has 28 heavy (non-hydrogen) atoms. The molecule has 2 amide bonds. The van der Waals surface area contributed by atoms with Gasteiger partial charge in [-0.2, -0.15) is 0 Å². The number of carbonyl (C=O) groups excluding carboxylic acids is 2. The minimum atomic E-state index is -0.221. The summed E-state index contributed by atoms with van der Waals surface area (Å²) in [6.45, 7) is 6.41. The highest BCUT2D eigenvalue weighted by atomic mass is 32.2. The fraction of sp³-hybridized carbons (Fsp3) is 0.600. The van der Waals surface area contributed by atoms with Crippen molar-refractivity contribution in [2.75, 3.05) is 64.0 Å². The van der Waals surface area contributed by atoms with Crippen LogP contribution < -0.4 is 0 Å². The number of nitrogens with zero attached hydrogens (tertiary/aromatic N) is 3. The zero-order valence-electron chi connectivity index (χ0n) is 16.1. The maximum absolute atomic E-state index is 13.0. The van der Waals surface area contributed by atoms with Crippen LogP contribution in [0.4, 0.5) is 4.39 Å². The smallest absolute Gasteiger partial charge is 0.232 e. The standard InChI is InChI=1S/C20H28FN3O3S/c21-18-4-2-17(3-5-18)14-22-6-1-7-23(9-8-22)19(25)15-28-16-20(26)24-10-12-27-13-11-24/h2-5H,1,6-16H2. The predicted octanol–water partition coefficient (Wildman–Crippen LogP) is 1.45. The van der Waals surface area contributed by atoms with Crippen LogP contribution in [0.2, 0.25) is 0 Å². The van der Waals surface area contributed by atoms with E-state index in [4.69, 9.17) is 4.74 Å². The number of morpholine rings is 1. The Balaban J connectivity index is 1.37. The summed E-state index contributed by atoms with van der Waals surface area (Å²) in [5, 5.41) is 0. The molecule has 6 nitrogen and oxygen atoms in total. The maximum Gasteiger partial charge on any atom is 0.232 e. The molecule has 2 aliphatic heterocycles. The highest BCUT2D eigenvalue weighted by Crippen LogP contribution is 2.12. The number of carbonyl (C=O) groups is 2. The van der Waals surface area contributed by atoms with E-state index >= 15 is 0 Å². The lowest BCUT2D eigenvalue weighted by Gasteiger charge is -2.27. The Morgan fingerprint density at radius 2 is 1.54 bits per heavy atom. The third kappa shape index (κ3) is 6.46. The van der Waals surface area contributed by atoms with Gasteiger partial charge in [0, 0.05) is 45.8 Å². The van der Waals surface area contributed by atoms with E-state index in [9.17, 15) is 14.0 Å². The number of rotatable bonds is 6. The van der Waals surface area contributed by atoms with Gasteiger partial charge in [0.1, 0.15) is 5.82 Å². The van der Waals surface area contributed by atoms with Crippen LogP contribution in [-0.2, 0) is 20.9 Å². The Hall–Kier alpha value is -1.64. The average Bonchev–Trinajstić information content (AvgIpc) is 2.96. The lowest BCUT2D eigenvalue weighted by Crippen LogP contribution is -2.42. The Morgan fingerprint density at radius 3 is 2.21 bits per heavy atom. The van der Waals surface area contributed by atoms with Crippen molar-refractivity contribution in [2.45, 2.75) is 13.0 Å². The van der Waals surface area contributed by atoms with Gasteiger partial charge in [0.25, 0.3) is 0 Å². The predicted molar refractivity (Wildman–Crippen MR) is 108 cm³/mol. The first-order chi connectivity index (χ1) is 13.6. The molecule has 2 aliphatic rings. The molecular weight excluding hydrogens is 381 g/mol. The molecule has 0 unspecified atom stereocenters. The largest absolute Gasteiger partial charge is 0.378 e. The molecule has 0 saturated carbocycles. The van der Waals surface area contributed by atoms with Crippen LogP contribution in [0, 0.1) is 5.82 Å². The summed E-state index contributed by atoms with van der Waals surface area (Å²) < 4.78 is 18.3. The van der Waals surface area contributed by atoms with E-state index in [-0.39, 0.29) is 17.6 Å². The normalized spacial score (nSPS) is 18.8. The van der Waals surface area contributed by atoms with Crippen LogP contribution in [0.15, 0.2) is 24.3 Å². The Bertz CT molecular complexity index is 653. The van der Waals surface area contributed by atoms with Gasteiger partial charge < -0.3 is 14.5 Å². The summed E-state index contributed by atoms with van der Waals surface area (Å²) in [5.74, 6) is 0.650. The second-order valence-corrected chi connectivity index (χ2v) is 8.11. The highest BCUT2D eigenvalue weighted by Gasteiger charge is 2.21. The molecular formula is C20H28FN3O3S. The second-order valence-electron chi connectivity index (χ2n) is 7.12. The molecule has 154 valence electrons. The van der Waals surface area contributed by atoms with E-state index in [2.05, 4.69) is 4.90 Å². The molecule has 2 heterocycles. The van der Waals surface area contributed by atoms with Gasteiger partial charge in [0.05, 0.1) is 24.7 Å². The van der Waals surface area contributed by atoms with Gasteiger partial charge in [-0.15, -0.1) is 11.8 Å². The van der Waals surface area contributed by atoms with Gasteiger partial charge in [-0.3, -0.25) is 14.5 Å². The van der Waals surface area contributed by atoms with Gasteiger partial charge in [0.15, 0.2) is 0 Å².